The Kier molecular flexibility index (Phi) is 5.40. The van der Waals surface area contributed by atoms with E-state index in [0.29, 0.717) is 23.9 Å². The van der Waals surface area contributed by atoms with Crippen molar-refractivity contribution in [3.8, 4) is 17.6 Å². The fourth-order valence-corrected chi connectivity index (χ4v) is 3.12. The number of aromatic nitrogens is 2. The maximum absolute atomic E-state index is 12.9. The number of fused-ring (bicyclic) bond motifs is 1. The van der Waals surface area contributed by atoms with Gasteiger partial charge in [0.25, 0.3) is 5.56 Å². The number of rotatable bonds is 4. The summed E-state index contributed by atoms with van der Waals surface area (Å²) in [6.07, 6.45) is 2.24. The van der Waals surface area contributed by atoms with Crippen molar-refractivity contribution >= 4 is 10.9 Å². The Morgan fingerprint density at radius 2 is 1.76 bits per heavy atom. The molecule has 1 aromatic heterocycles. The average Bonchev–Trinajstić information content (AvgIpc) is 2.77. The Balaban J connectivity index is 1.58. The van der Waals surface area contributed by atoms with E-state index in [2.05, 4.69) is 16.8 Å². The summed E-state index contributed by atoms with van der Waals surface area (Å²) >= 11 is 0. The third-order valence-corrected chi connectivity index (χ3v) is 4.70. The molecule has 0 aliphatic carbocycles. The van der Waals surface area contributed by atoms with Gasteiger partial charge in [-0.25, -0.2) is 4.98 Å². The number of hydrogen-bond acceptors (Lipinski definition) is 3. The summed E-state index contributed by atoms with van der Waals surface area (Å²) in [7, 11) is 1.65. The zero-order valence-electron chi connectivity index (χ0n) is 16.1. The molecule has 4 rings (SSSR count). The second-order valence-electron chi connectivity index (χ2n) is 6.72. The van der Waals surface area contributed by atoms with Gasteiger partial charge in [0.05, 0.1) is 30.9 Å². The molecule has 3 aromatic carbocycles. The molecule has 4 heteroatoms. The molecule has 0 amide bonds. The molecule has 1 heterocycles. The minimum atomic E-state index is -0.0577. The topological polar surface area (TPSA) is 44.1 Å². The highest BCUT2D eigenvalue weighted by Crippen LogP contribution is 2.12. The van der Waals surface area contributed by atoms with Crippen LogP contribution in [0.1, 0.15) is 16.7 Å². The van der Waals surface area contributed by atoms with E-state index in [0.717, 1.165) is 22.4 Å². The van der Waals surface area contributed by atoms with Crippen molar-refractivity contribution < 1.29 is 4.74 Å². The lowest BCUT2D eigenvalue weighted by molar-refractivity contribution is 0.414. The van der Waals surface area contributed by atoms with Gasteiger partial charge in [-0.15, -0.1) is 0 Å². The van der Waals surface area contributed by atoms with Gasteiger partial charge in [-0.05, 0) is 41.5 Å². The van der Waals surface area contributed by atoms with E-state index >= 15 is 0 Å². The predicted octanol–water partition coefficient (Wildman–Crippen LogP) is 4.05. The summed E-state index contributed by atoms with van der Waals surface area (Å²) in [5.41, 5.74) is 3.61. The largest absolute Gasteiger partial charge is 0.497 e. The van der Waals surface area contributed by atoms with Gasteiger partial charge in [0.15, 0.2) is 0 Å². The maximum Gasteiger partial charge on any atom is 0.261 e. The fraction of sp³-hybridized carbons (Fsp3) is 0.120. The molecule has 4 aromatic rings. The molecule has 0 N–H and O–H groups in total. The Hall–Kier alpha value is -3.84. The minimum Gasteiger partial charge on any atom is -0.497 e. The Morgan fingerprint density at radius 3 is 2.52 bits per heavy atom. The van der Waals surface area contributed by atoms with Crippen molar-refractivity contribution in [3.63, 3.8) is 0 Å². The molecule has 0 unspecified atom stereocenters. The van der Waals surface area contributed by atoms with Crippen LogP contribution >= 0.6 is 0 Å². The molecule has 0 spiro atoms. The molecule has 0 fully saturated rings. The number of nitrogens with zero attached hydrogens (tertiary/aromatic N) is 2. The number of methoxy groups -OCH3 is 1. The summed E-state index contributed by atoms with van der Waals surface area (Å²) in [4.78, 5) is 17.3. The molecular weight excluding hydrogens is 360 g/mol. The predicted molar refractivity (Wildman–Crippen MR) is 115 cm³/mol. The Labute approximate surface area is 169 Å². The zero-order chi connectivity index (χ0) is 20.1. The molecule has 0 saturated heterocycles. The smallest absolute Gasteiger partial charge is 0.261 e. The third-order valence-electron chi connectivity index (χ3n) is 4.70. The Morgan fingerprint density at radius 1 is 0.966 bits per heavy atom. The second kappa shape index (κ2) is 8.45. The van der Waals surface area contributed by atoms with Gasteiger partial charge in [0, 0.05) is 12.0 Å². The first kappa shape index (κ1) is 18.5. The van der Waals surface area contributed by atoms with Gasteiger partial charge in [-0.2, -0.15) is 0 Å². The van der Waals surface area contributed by atoms with E-state index in [1.54, 1.807) is 18.0 Å². The molecule has 142 valence electrons. The van der Waals surface area contributed by atoms with E-state index in [1.807, 2.05) is 72.8 Å². The highest BCUT2D eigenvalue weighted by molar-refractivity contribution is 5.79. The van der Waals surface area contributed by atoms with Crippen LogP contribution in [0.2, 0.25) is 0 Å². The van der Waals surface area contributed by atoms with Crippen LogP contribution in [0, 0.1) is 11.8 Å². The molecule has 4 nitrogen and oxygen atoms in total. The molecule has 0 radical (unpaired) electrons. The molecule has 0 bridgehead atoms. The lowest BCUT2D eigenvalue weighted by atomic mass is 10.1. The van der Waals surface area contributed by atoms with Crippen LogP contribution in [-0.2, 0) is 13.0 Å². The van der Waals surface area contributed by atoms with E-state index in [9.17, 15) is 4.79 Å². The lowest BCUT2D eigenvalue weighted by Gasteiger charge is -2.07. The molecule has 0 aliphatic heterocycles. The monoisotopic (exact) mass is 380 g/mol. The lowest BCUT2D eigenvalue weighted by Crippen LogP contribution is -2.21. The van der Waals surface area contributed by atoms with Crippen molar-refractivity contribution in [2.75, 3.05) is 7.11 Å². The van der Waals surface area contributed by atoms with Crippen LogP contribution in [0.4, 0.5) is 0 Å². The van der Waals surface area contributed by atoms with E-state index < -0.39 is 0 Å². The van der Waals surface area contributed by atoms with Crippen LogP contribution in [0.5, 0.6) is 5.75 Å². The summed E-state index contributed by atoms with van der Waals surface area (Å²) in [5, 5.41) is 0.583. The van der Waals surface area contributed by atoms with Crippen LogP contribution in [0.3, 0.4) is 0 Å². The van der Waals surface area contributed by atoms with Crippen LogP contribution in [-0.4, -0.2) is 16.7 Å². The average molecular weight is 380 g/mol. The zero-order valence-corrected chi connectivity index (χ0v) is 16.1. The van der Waals surface area contributed by atoms with Crippen molar-refractivity contribution in [2.24, 2.45) is 0 Å². The quantitative estimate of drug-likeness (QED) is 0.502. The normalized spacial score (nSPS) is 10.4. The first-order valence-electron chi connectivity index (χ1n) is 9.38. The van der Waals surface area contributed by atoms with Gasteiger partial charge in [0.2, 0.25) is 0 Å². The van der Waals surface area contributed by atoms with Gasteiger partial charge >= 0.3 is 0 Å². The fourth-order valence-electron chi connectivity index (χ4n) is 3.12. The summed E-state index contributed by atoms with van der Waals surface area (Å²) in [6.45, 7) is 0.496. The van der Waals surface area contributed by atoms with Crippen LogP contribution < -0.4 is 10.3 Å². The van der Waals surface area contributed by atoms with Gasteiger partial charge in [-0.1, -0.05) is 54.3 Å². The van der Waals surface area contributed by atoms with Crippen molar-refractivity contribution in [3.05, 3.63) is 106 Å². The first-order chi connectivity index (χ1) is 14.2. The van der Waals surface area contributed by atoms with Crippen molar-refractivity contribution in [1.29, 1.82) is 0 Å². The van der Waals surface area contributed by atoms with E-state index in [1.165, 1.54) is 0 Å². The molecule has 0 saturated carbocycles. The third kappa shape index (κ3) is 4.36. The molecule has 0 atom stereocenters. The van der Waals surface area contributed by atoms with Gasteiger partial charge in [-0.3, -0.25) is 9.36 Å². The molecular formula is C25H20N2O2. The minimum absolute atomic E-state index is 0.0577. The molecule has 0 aliphatic rings. The molecule has 29 heavy (non-hydrogen) atoms. The van der Waals surface area contributed by atoms with Gasteiger partial charge in [0.1, 0.15) is 5.75 Å². The van der Waals surface area contributed by atoms with Crippen LogP contribution in [0.15, 0.2) is 83.9 Å². The summed E-state index contributed by atoms with van der Waals surface area (Å²) < 4.78 is 6.80. The number of ether oxygens (including phenoxy) is 1. The maximum atomic E-state index is 12.9. The summed E-state index contributed by atoms with van der Waals surface area (Å²) in [5.74, 6) is 7.16. The number of hydrogen-bond donors (Lipinski definition) is 0. The van der Waals surface area contributed by atoms with E-state index in [-0.39, 0.29) is 5.56 Å². The van der Waals surface area contributed by atoms with E-state index in [4.69, 9.17) is 4.74 Å². The van der Waals surface area contributed by atoms with Crippen LogP contribution in [0.25, 0.3) is 10.9 Å². The number of benzene rings is 3. The second-order valence-corrected chi connectivity index (χ2v) is 6.72. The summed E-state index contributed by atoms with van der Waals surface area (Å²) in [6, 6.07) is 23.3. The highest BCUT2D eigenvalue weighted by Gasteiger charge is 2.05. The van der Waals surface area contributed by atoms with Gasteiger partial charge < -0.3 is 4.74 Å². The van der Waals surface area contributed by atoms with Crippen molar-refractivity contribution in [2.45, 2.75) is 13.0 Å². The highest BCUT2D eigenvalue weighted by atomic mass is 16.5. The van der Waals surface area contributed by atoms with Crippen molar-refractivity contribution in [1.82, 2.24) is 9.55 Å². The Bertz CT molecular complexity index is 1250. The SMILES string of the molecule is COc1ccc(CC#Cc2ccc3ncn(Cc4ccccc4)c(=O)c3c2)cc1. The standard InChI is InChI=1S/C25H20N2O2/c1-29-22-13-10-19(11-14-22)8-5-9-20-12-15-24-23(16-20)25(28)27(18-26-24)17-21-6-3-2-4-7-21/h2-4,6-7,10-16,18H,8,17H2,1H3. The first-order valence-corrected chi connectivity index (χ1v) is 9.38.